The van der Waals surface area contributed by atoms with Crippen molar-refractivity contribution in [3.63, 3.8) is 0 Å². The molecule has 2 unspecified atom stereocenters. The van der Waals surface area contributed by atoms with Crippen LogP contribution in [0.3, 0.4) is 0 Å². The highest BCUT2D eigenvalue weighted by atomic mass is 16.3. The van der Waals surface area contributed by atoms with E-state index in [0.29, 0.717) is 13.0 Å². The number of aliphatic hydroxyl groups is 1. The molecule has 4 N–H and O–H groups in total. The van der Waals surface area contributed by atoms with Crippen LogP contribution in [0.2, 0.25) is 0 Å². The number of likely N-dealkylation sites (tertiary alicyclic amines) is 1. The summed E-state index contributed by atoms with van der Waals surface area (Å²) in [4.78, 5) is 25.1. The Labute approximate surface area is 120 Å². The van der Waals surface area contributed by atoms with Crippen molar-refractivity contribution in [2.75, 3.05) is 26.2 Å². The number of carbonyl (C=O) groups is 2. The van der Waals surface area contributed by atoms with Crippen LogP contribution in [-0.2, 0) is 9.59 Å². The molecule has 1 heterocycles. The summed E-state index contributed by atoms with van der Waals surface area (Å²) in [6.07, 6.45) is 1.51. The largest absolute Gasteiger partial charge is 0.396 e. The van der Waals surface area contributed by atoms with Gasteiger partial charge in [0, 0.05) is 31.2 Å². The third kappa shape index (κ3) is 5.46. The number of nitrogens with one attached hydrogen (secondary N) is 1. The highest BCUT2D eigenvalue weighted by Gasteiger charge is 2.31. The van der Waals surface area contributed by atoms with Crippen LogP contribution in [0.15, 0.2) is 0 Å². The molecule has 116 valence electrons. The number of primary amides is 1. The minimum atomic E-state index is -0.432. The van der Waals surface area contributed by atoms with Crippen molar-refractivity contribution in [3.8, 4) is 0 Å². The Bertz CT molecular complexity index is 352. The van der Waals surface area contributed by atoms with Crippen molar-refractivity contribution < 1.29 is 14.7 Å². The summed E-state index contributed by atoms with van der Waals surface area (Å²) in [7, 11) is 0. The molecule has 0 aromatic heterocycles. The van der Waals surface area contributed by atoms with E-state index in [1.165, 1.54) is 0 Å². The first-order valence-electron chi connectivity index (χ1n) is 7.15. The van der Waals surface area contributed by atoms with Crippen LogP contribution in [0.5, 0.6) is 0 Å². The number of rotatable bonds is 5. The molecule has 0 aromatic rings. The number of hydrogen-bond donors (Lipinski definition) is 3. The molecular weight excluding hydrogens is 258 g/mol. The van der Waals surface area contributed by atoms with Crippen molar-refractivity contribution in [1.82, 2.24) is 10.2 Å². The topological polar surface area (TPSA) is 95.7 Å². The van der Waals surface area contributed by atoms with Crippen molar-refractivity contribution in [1.29, 1.82) is 0 Å². The van der Waals surface area contributed by atoms with E-state index in [1.54, 1.807) is 0 Å². The third-order valence-electron chi connectivity index (χ3n) is 3.55. The van der Waals surface area contributed by atoms with Gasteiger partial charge in [0.1, 0.15) is 0 Å². The molecule has 6 heteroatoms. The van der Waals surface area contributed by atoms with Crippen LogP contribution < -0.4 is 11.1 Å². The van der Waals surface area contributed by atoms with Gasteiger partial charge in [-0.05, 0) is 18.8 Å². The van der Waals surface area contributed by atoms with Crippen LogP contribution in [0.25, 0.3) is 0 Å². The first-order chi connectivity index (χ1) is 9.22. The number of nitrogens with two attached hydrogens (primary N) is 1. The molecule has 1 aliphatic heterocycles. The highest BCUT2D eigenvalue weighted by molar-refractivity contribution is 5.81. The lowest BCUT2D eigenvalue weighted by atomic mass is 9.89. The zero-order chi connectivity index (χ0) is 15.3. The fourth-order valence-corrected chi connectivity index (χ4v) is 2.55. The van der Waals surface area contributed by atoms with Gasteiger partial charge in [0.25, 0.3) is 0 Å². The number of aliphatic hydroxyl groups excluding tert-OH is 1. The number of amides is 2. The SMILES string of the molecule is CC(C)(C)C(=O)NC1CC(CCO)CN(CC(N)=O)C1. The molecule has 0 spiro atoms. The second kappa shape index (κ2) is 7.04. The number of piperidine rings is 1. The lowest BCUT2D eigenvalue weighted by molar-refractivity contribution is -0.129. The molecule has 2 amide bonds. The Hall–Kier alpha value is -1.14. The minimum absolute atomic E-state index is 0.00572. The maximum atomic E-state index is 12.1. The molecule has 0 radical (unpaired) electrons. The maximum Gasteiger partial charge on any atom is 0.231 e. The van der Waals surface area contributed by atoms with Crippen LogP contribution in [0.4, 0.5) is 0 Å². The molecule has 0 saturated carbocycles. The summed E-state index contributed by atoms with van der Waals surface area (Å²) in [5.74, 6) is -0.0833. The zero-order valence-corrected chi connectivity index (χ0v) is 12.7. The van der Waals surface area contributed by atoms with E-state index < -0.39 is 5.41 Å². The van der Waals surface area contributed by atoms with E-state index in [1.807, 2.05) is 25.7 Å². The van der Waals surface area contributed by atoms with Crippen LogP contribution in [0, 0.1) is 11.3 Å². The Morgan fingerprint density at radius 2 is 2.00 bits per heavy atom. The molecule has 2 atom stereocenters. The maximum absolute atomic E-state index is 12.1. The van der Waals surface area contributed by atoms with Gasteiger partial charge in [0.15, 0.2) is 0 Å². The normalized spacial score (nSPS) is 24.4. The first kappa shape index (κ1) is 16.9. The Kier molecular flexibility index (Phi) is 5.95. The fraction of sp³-hybridized carbons (Fsp3) is 0.857. The molecule has 1 rings (SSSR count). The Balaban J connectivity index is 2.64. The summed E-state index contributed by atoms with van der Waals surface area (Å²) in [5, 5.41) is 12.1. The van der Waals surface area contributed by atoms with Crippen LogP contribution in [0.1, 0.15) is 33.6 Å². The summed E-state index contributed by atoms with van der Waals surface area (Å²) >= 11 is 0. The number of nitrogens with zero attached hydrogens (tertiary/aromatic N) is 1. The van der Waals surface area contributed by atoms with Crippen LogP contribution >= 0.6 is 0 Å². The van der Waals surface area contributed by atoms with Crippen molar-refractivity contribution >= 4 is 11.8 Å². The molecule has 20 heavy (non-hydrogen) atoms. The highest BCUT2D eigenvalue weighted by Crippen LogP contribution is 2.21. The summed E-state index contributed by atoms with van der Waals surface area (Å²) in [5.41, 5.74) is 4.81. The van der Waals surface area contributed by atoms with E-state index in [2.05, 4.69) is 5.32 Å². The summed E-state index contributed by atoms with van der Waals surface area (Å²) < 4.78 is 0. The quantitative estimate of drug-likeness (QED) is 0.646. The summed E-state index contributed by atoms with van der Waals surface area (Å²) in [6, 6.07) is 0.00590. The van der Waals surface area contributed by atoms with Gasteiger partial charge in [-0.15, -0.1) is 0 Å². The number of hydrogen-bond acceptors (Lipinski definition) is 4. The monoisotopic (exact) mass is 285 g/mol. The second-order valence-electron chi connectivity index (χ2n) is 6.69. The Morgan fingerprint density at radius 3 is 2.50 bits per heavy atom. The molecule has 0 aromatic carbocycles. The van der Waals surface area contributed by atoms with Crippen LogP contribution in [-0.4, -0.2) is 54.1 Å². The van der Waals surface area contributed by atoms with Gasteiger partial charge in [-0.3, -0.25) is 14.5 Å². The summed E-state index contributed by atoms with van der Waals surface area (Å²) in [6.45, 7) is 7.31. The van der Waals surface area contributed by atoms with Crippen molar-refractivity contribution in [2.24, 2.45) is 17.1 Å². The molecule has 1 aliphatic rings. The Morgan fingerprint density at radius 1 is 1.35 bits per heavy atom. The third-order valence-corrected chi connectivity index (χ3v) is 3.55. The lowest BCUT2D eigenvalue weighted by Crippen LogP contribution is -2.54. The predicted octanol–water partition coefficient (Wildman–Crippen LogP) is -0.293. The average Bonchev–Trinajstić information content (AvgIpc) is 2.26. The predicted molar refractivity (Wildman–Crippen MR) is 76.8 cm³/mol. The van der Waals surface area contributed by atoms with Crippen molar-refractivity contribution in [3.05, 3.63) is 0 Å². The van der Waals surface area contributed by atoms with E-state index in [9.17, 15) is 9.59 Å². The van der Waals surface area contributed by atoms with Gasteiger partial charge in [-0.2, -0.15) is 0 Å². The first-order valence-corrected chi connectivity index (χ1v) is 7.15. The van der Waals surface area contributed by atoms with E-state index >= 15 is 0 Å². The minimum Gasteiger partial charge on any atom is -0.396 e. The van der Waals surface area contributed by atoms with E-state index in [4.69, 9.17) is 10.8 Å². The van der Waals surface area contributed by atoms with Gasteiger partial charge in [0.2, 0.25) is 11.8 Å². The van der Waals surface area contributed by atoms with Gasteiger partial charge in [-0.25, -0.2) is 0 Å². The zero-order valence-electron chi connectivity index (χ0n) is 12.7. The standard InChI is InChI=1S/C14H27N3O3/c1-14(2,3)13(20)16-11-6-10(4-5-18)7-17(8-11)9-12(15)19/h10-11,18H,4-9H2,1-3H3,(H2,15,19)(H,16,20). The molecular formula is C14H27N3O3. The molecule has 6 nitrogen and oxygen atoms in total. The molecule has 1 fully saturated rings. The fourth-order valence-electron chi connectivity index (χ4n) is 2.55. The lowest BCUT2D eigenvalue weighted by Gasteiger charge is -2.38. The van der Waals surface area contributed by atoms with E-state index in [-0.39, 0.29) is 36.9 Å². The van der Waals surface area contributed by atoms with Gasteiger partial charge < -0.3 is 16.2 Å². The average molecular weight is 285 g/mol. The van der Waals surface area contributed by atoms with E-state index in [0.717, 1.165) is 13.0 Å². The smallest absolute Gasteiger partial charge is 0.231 e. The molecule has 1 saturated heterocycles. The van der Waals surface area contributed by atoms with Gasteiger partial charge in [-0.1, -0.05) is 20.8 Å². The van der Waals surface area contributed by atoms with Crippen molar-refractivity contribution in [2.45, 2.75) is 39.7 Å². The van der Waals surface area contributed by atoms with Gasteiger partial charge in [0.05, 0.1) is 6.54 Å². The molecule has 0 bridgehead atoms. The van der Waals surface area contributed by atoms with Gasteiger partial charge >= 0.3 is 0 Å². The molecule has 0 aliphatic carbocycles. The second-order valence-corrected chi connectivity index (χ2v) is 6.69. The number of carbonyl (C=O) groups excluding carboxylic acids is 2.